The number of ether oxygens (including phenoxy) is 3. The second kappa shape index (κ2) is 7.63. The molecular formula is C12H22O11. The van der Waals surface area contributed by atoms with Crippen molar-refractivity contribution in [2.24, 2.45) is 0 Å². The van der Waals surface area contributed by atoms with E-state index in [1.807, 2.05) is 0 Å². The van der Waals surface area contributed by atoms with Crippen molar-refractivity contribution in [3.63, 3.8) is 0 Å². The molecule has 0 spiro atoms. The Balaban J connectivity index is 2.11. The van der Waals surface area contributed by atoms with Crippen LogP contribution in [0.25, 0.3) is 0 Å². The van der Waals surface area contributed by atoms with Crippen molar-refractivity contribution in [1.82, 2.24) is 0 Å². The van der Waals surface area contributed by atoms with Gasteiger partial charge in [-0.2, -0.15) is 0 Å². The zero-order chi connectivity index (χ0) is 17.3. The predicted molar refractivity (Wildman–Crippen MR) is 68.6 cm³/mol. The third-order valence-electron chi connectivity index (χ3n) is 3.98. The van der Waals surface area contributed by atoms with Crippen molar-refractivity contribution in [2.75, 3.05) is 13.2 Å². The molecule has 2 aliphatic rings. The van der Waals surface area contributed by atoms with Crippen LogP contribution in [-0.2, 0) is 14.2 Å². The lowest BCUT2D eigenvalue weighted by molar-refractivity contribution is -0.355. The van der Waals surface area contributed by atoms with E-state index >= 15 is 0 Å². The smallest absolute Gasteiger partial charge is 0.187 e. The first-order valence-corrected chi connectivity index (χ1v) is 7.08. The van der Waals surface area contributed by atoms with E-state index in [1.165, 1.54) is 0 Å². The Bertz CT molecular complexity index is 378. The van der Waals surface area contributed by atoms with Crippen molar-refractivity contribution in [3.8, 4) is 0 Å². The van der Waals surface area contributed by atoms with Crippen LogP contribution in [-0.4, -0.2) is 115 Å². The minimum Gasteiger partial charge on any atom is -0.394 e. The van der Waals surface area contributed by atoms with Crippen LogP contribution in [0, 0.1) is 0 Å². The molecule has 2 heterocycles. The van der Waals surface area contributed by atoms with Crippen LogP contribution in [0.5, 0.6) is 0 Å². The maximum atomic E-state index is 9.94. The molecule has 0 bridgehead atoms. The summed E-state index contributed by atoms with van der Waals surface area (Å²) in [7, 11) is 0. The number of aliphatic hydroxyl groups excluding tert-OH is 8. The van der Waals surface area contributed by atoms with Crippen molar-refractivity contribution in [3.05, 3.63) is 0 Å². The maximum absolute atomic E-state index is 9.94. The van der Waals surface area contributed by atoms with Gasteiger partial charge < -0.3 is 55.1 Å². The van der Waals surface area contributed by atoms with Crippen molar-refractivity contribution < 1.29 is 55.1 Å². The summed E-state index contributed by atoms with van der Waals surface area (Å²) >= 11 is 0. The number of hydrogen-bond acceptors (Lipinski definition) is 11. The van der Waals surface area contributed by atoms with E-state index < -0.39 is 74.6 Å². The van der Waals surface area contributed by atoms with E-state index in [4.69, 9.17) is 19.3 Å². The van der Waals surface area contributed by atoms with Crippen LogP contribution in [0.1, 0.15) is 0 Å². The third-order valence-corrected chi connectivity index (χ3v) is 3.98. The molecule has 2 saturated heterocycles. The van der Waals surface area contributed by atoms with Crippen molar-refractivity contribution >= 4 is 0 Å². The third kappa shape index (κ3) is 3.65. The Morgan fingerprint density at radius 2 is 1.26 bits per heavy atom. The van der Waals surface area contributed by atoms with Gasteiger partial charge in [-0.1, -0.05) is 0 Å². The van der Waals surface area contributed by atoms with Crippen LogP contribution in [0.4, 0.5) is 0 Å². The average Bonchev–Trinajstić information content (AvgIpc) is 2.55. The molecule has 0 aromatic heterocycles. The van der Waals surface area contributed by atoms with Gasteiger partial charge in [-0.25, -0.2) is 0 Å². The average molecular weight is 342 g/mol. The van der Waals surface area contributed by atoms with Crippen LogP contribution in [0.2, 0.25) is 0 Å². The molecule has 0 saturated carbocycles. The van der Waals surface area contributed by atoms with Gasteiger partial charge in [0.25, 0.3) is 0 Å². The fourth-order valence-electron chi connectivity index (χ4n) is 2.57. The highest BCUT2D eigenvalue weighted by atomic mass is 16.7. The van der Waals surface area contributed by atoms with E-state index in [0.29, 0.717) is 0 Å². The number of hydrogen-bond donors (Lipinski definition) is 8. The van der Waals surface area contributed by atoms with Crippen molar-refractivity contribution in [1.29, 1.82) is 0 Å². The van der Waals surface area contributed by atoms with Gasteiger partial charge in [0.05, 0.1) is 13.2 Å². The lowest BCUT2D eigenvalue weighted by Crippen LogP contribution is -2.64. The van der Waals surface area contributed by atoms with E-state index in [9.17, 15) is 35.7 Å². The summed E-state index contributed by atoms with van der Waals surface area (Å²) in [6.45, 7) is -1.35. The molecule has 10 atom stereocenters. The quantitative estimate of drug-likeness (QED) is 0.243. The molecule has 0 amide bonds. The van der Waals surface area contributed by atoms with Crippen molar-refractivity contribution in [2.45, 2.75) is 61.4 Å². The standard InChI is InChI=1S/C12H22O11/c13-1-3-5(15)6(16)9(19)12(22-3)23-10-4(2-14)21-11(20)8(18)7(10)17/h3-20H,1-2H2/t3-,4-,5-,6+,7-,8+,9+,10-,11-,12-/m0/s1. The Morgan fingerprint density at radius 3 is 1.83 bits per heavy atom. The van der Waals surface area contributed by atoms with Gasteiger partial charge in [0.2, 0.25) is 0 Å². The van der Waals surface area contributed by atoms with Crippen LogP contribution in [0.15, 0.2) is 0 Å². The molecule has 2 rings (SSSR count). The second-order valence-electron chi connectivity index (χ2n) is 5.53. The van der Waals surface area contributed by atoms with Crippen LogP contribution >= 0.6 is 0 Å². The molecular weight excluding hydrogens is 320 g/mol. The lowest BCUT2D eigenvalue weighted by Gasteiger charge is -2.45. The molecule has 23 heavy (non-hydrogen) atoms. The zero-order valence-corrected chi connectivity index (χ0v) is 12.0. The van der Waals surface area contributed by atoms with Gasteiger partial charge in [0.15, 0.2) is 12.6 Å². The fraction of sp³-hybridized carbons (Fsp3) is 1.00. The van der Waals surface area contributed by atoms with Crippen LogP contribution in [0.3, 0.4) is 0 Å². The summed E-state index contributed by atoms with van der Waals surface area (Å²) in [5.41, 5.74) is 0. The highest BCUT2D eigenvalue weighted by molar-refractivity contribution is 4.93. The normalized spacial score (nSPS) is 51.7. The minimum atomic E-state index is -1.74. The molecule has 0 aromatic carbocycles. The molecule has 2 fully saturated rings. The zero-order valence-electron chi connectivity index (χ0n) is 12.0. The molecule has 0 radical (unpaired) electrons. The van der Waals surface area contributed by atoms with Crippen LogP contribution < -0.4 is 0 Å². The molecule has 136 valence electrons. The Morgan fingerprint density at radius 1 is 0.652 bits per heavy atom. The Kier molecular flexibility index (Phi) is 6.27. The summed E-state index contributed by atoms with van der Waals surface area (Å²) in [5.74, 6) is 0. The Labute approximate surface area is 130 Å². The van der Waals surface area contributed by atoms with E-state index in [2.05, 4.69) is 0 Å². The lowest BCUT2D eigenvalue weighted by atomic mass is 9.97. The summed E-state index contributed by atoms with van der Waals surface area (Å²) in [4.78, 5) is 0. The first kappa shape index (κ1) is 18.9. The molecule has 0 aliphatic carbocycles. The minimum absolute atomic E-state index is 0.667. The van der Waals surface area contributed by atoms with E-state index in [0.717, 1.165) is 0 Å². The van der Waals surface area contributed by atoms with Gasteiger partial charge in [0.1, 0.15) is 48.8 Å². The maximum Gasteiger partial charge on any atom is 0.187 e. The molecule has 11 heteroatoms. The molecule has 2 aliphatic heterocycles. The van der Waals surface area contributed by atoms with Gasteiger partial charge in [-0.3, -0.25) is 0 Å². The van der Waals surface area contributed by atoms with Gasteiger partial charge >= 0.3 is 0 Å². The molecule has 11 nitrogen and oxygen atoms in total. The summed E-state index contributed by atoms with van der Waals surface area (Å²) in [6.07, 6.45) is -15.6. The summed E-state index contributed by atoms with van der Waals surface area (Å²) < 4.78 is 15.3. The second-order valence-corrected chi connectivity index (χ2v) is 5.53. The monoisotopic (exact) mass is 342 g/mol. The highest BCUT2D eigenvalue weighted by Crippen LogP contribution is 2.28. The SMILES string of the molecule is OC[C@@H]1O[C@@H](O[C@@H]2[C@@H](O)[C@@H](O)[C@@H](O)O[C@H]2CO)[C@H](O)[C@H](O)[C@H]1O. The number of aliphatic hydroxyl groups is 8. The molecule has 0 aromatic rings. The fourth-order valence-corrected chi connectivity index (χ4v) is 2.57. The largest absolute Gasteiger partial charge is 0.394 e. The van der Waals surface area contributed by atoms with Gasteiger partial charge in [0, 0.05) is 0 Å². The topological polar surface area (TPSA) is 190 Å². The Hall–Kier alpha value is -0.440. The highest BCUT2D eigenvalue weighted by Gasteiger charge is 2.50. The predicted octanol–water partition coefficient (Wildman–Crippen LogP) is -5.40. The first-order valence-electron chi connectivity index (χ1n) is 7.08. The van der Waals surface area contributed by atoms with Gasteiger partial charge in [-0.05, 0) is 0 Å². The summed E-state index contributed by atoms with van der Waals surface area (Å²) in [6, 6.07) is 0. The summed E-state index contributed by atoms with van der Waals surface area (Å²) in [5, 5.41) is 76.5. The van der Waals surface area contributed by atoms with E-state index in [1.54, 1.807) is 0 Å². The molecule has 8 N–H and O–H groups in total. The molecule has 0 unspecified atom stereocenters. The first-order chi connectivity index (χ1) is 10.8. The van der Waals surface area contributed by atoms with E-state index in [-0.39, 0.29) is 0 Å². The van der Waals surface area contributed by atoms with Gasteiger partial charge in [-0.15, -0.1) is 0 Å². The number of rotatable bonds is 4.